The number of carbonyl (C=O) groups excluding carboxylic acids is 3. The number of ether oxygens (including phenoxy) is 1. The van der Waals surface area contributed by atoms with Crippen LogP contribution in [0.4, 0.5) is 10.8 Å². The molecule has 2 heterocycles. The van der Waals surface area contributed by atoms with E-state index >= 15 is 0 Å². The molecule has 0 spiro atoms. The van der Waals surface area contributed by atoms with Gasteiger partial charge in [-0.3, -0.25) is 14.4 Å². The van der Waals surface area contributed by atoms with Gasteiger partial charge >= 0.3 is 0 Å². The zero-order valence-electron chi connectivity index (χ0n) is 16.3. The number of nitrogens with zero attached hydrogens (tertiary/aromatic N) is 2. The van der Waals surface area contributed by atoms with Crippen LogP contribution in [0.5, 0.6) is 5.75 Å². The molecule has 1 aliphatic heterocycles. The number of carbonyl (C=O) groups is 3. The predicted octanol–water partition coefficient (Wildman–Crippen LogP) is 2.41. The molecule has 0 aliphatic carbocycles. The average molecular weight is 424 g/mol. The molecule has 4 rings (SSSR count). The maximum atomic E-state index is 12.5. The molecule has 8 nitrogen and oxygen atoms in total. The van der Waals surface area contributed by atoms with Crippen LogP contribution in [0.15, 0.2) is 48.5 Å². The van der Waals surface area contributed by atoms with Crippen LogP contribution in [-0.4, -0.2) is 42.9 Å². The van der Waals surface area contributed by atoms with E-state index in [-0.39, 0.29) is 37.2 Å². The summed E-state index contributed by atoms with van der Waals surface area (Å²) in [6.45, 7) is 0.0957. The Morgan fingerprint density at radius 3 is 2.70 bits per heavy atom. The summed E-state index contributed by atoms with van der Waals surface area (Å²) in [4.78, 5) is 42.9. The second-order valence-electron chi connectivity index (χ2n) is 6.86. The van der Waals surface area contributed by atoms with E-state index in [1.165, 1.54) is 11.3 Å². The number of benzene rings is 2. The molecule has 1 unspecified atom stereocenters. The van der Waals surface area contributed by atoms with Crippen molar-refractivity contribution in [2.45, 2.75) is 6.42 Å². The third-order valence-electron chi connectivity index (χ3n) is 4.84. The normalized spacial score (nSPS) is 16.0. The molecule has 1 aromatic heterocycles. The lowest BCUT2D eigenvalue weighted by Crippen LogP contribution is -2.37. The second kappa shape index (κ2) is 8.50. The van der Waals surface area contributed by atoms with Gasteiger partial charge in [-0.05, 0) is 36.4 Å². The highest BCUT2D eigenvalue weighted by molar-refractivity contribution is 7.22. The van der Waals surface area contributed by atoms with Crippen molar-refractivity contribution >= 4 is 50.1 Å². The number of aromatic nitrogens is 1. The largest absolute Gasteiger partial charge is 0.497 e. The van der Waals surface area contributed by atoms with Crippen LogP contribution in [0.25, 0.3) is 10.2 Å². The van der Waals surface area contributed by atoms with Crippen molar-refractivity contribution < 1.29 is 19.1 Å². The molecule has 0 saturated carbocycles. The Morgan fingerprint density at radius 2 is 1.97 bits per heavy atom. The van der Waals surface area contributed by atoms with Gasteiger partial charge in [-0.1, -0.05) is 23.5 Å². The van der Waals surface area contributed by atoms with Crippen LogP contribution < -0.4 is 20.3 Å². The number of methoxy groups -OCH3 is 1. The number of fused-ring (bicyclic) bond motifs is 1. The quantitative estimate of drug-likeness (QED) is 0.633. The Labute approximate surface area is 176 Å². The van der Waals surface area contributed by atoms with Crippen LogP contribution in [0, 0.1) is 5.92 Å². The Kier molecular flexibility index (Phi) is 5.62. The average Bonchev–Trinajstić information content (AvgIpc) is 3.35. The number of hydrogen-bond donors (Lipinski definition) is 2. The topological polar surface area (TPSA) is 101 Å². The summed E-state index contributed by atoms with van der Waals surface area (Å²) >= 11 is 1.37. The van der Waals surface area contributed by atoms with Gasteiger partial charge in [-0.15, -0.1) is 0 Å². The summed E-state index contributed by atoms with van der Waals surface area (Å²) in [7, 11) is 1.57. The van der Waals surface area contributed by atoms with E-state index in [1.807, 2.05) is 24.3 Å². The van der Waals surface area contributed by atoms with Crippen molar-refractivity contribution in [3.8, 4) is 5.75 Å². The Balaban J connectivity index is 1.30. The molecule has 1 atom stereocenters. The summed E-state index contributed by atoms with van der Waals surface area (Å²) in [5.74, 6) is -0.620. The number of thiazole rings is 1. The lowest BCUT2D eigenvalue weighted by molar-refractivity contribution is -0.127. The summed E-state index contributed by atoms with van der Waals surface area (Å²) < 4.78 is 6.10. The Hall–Kier alpha value is -3.46. The molecular weight excluding hydrogens is 404 g/mol. The van der Waals surface area contributed by atoms with Crippen LogP contribution >= 0.6 is 11.3 Å². The fourth-order valence-corrected chi connectivity index (χ4v) is 4.18. The first kappa shape index (κ1) is 19.8. The van der Waals surface area contributed by atoms with E-state index < -0.39 is 5.92 Å². The van der Waals surface area contributed by atoms with Gasteiger partial charge in [0.1, 0.15) is 5.75 Å². The van der Waals surface area contributed by atoms with Gasteiger partial charge < -0.3 is 20.3 Å². The maximum Gasteiger partial charge on any atom is 0.245 e. The molecular formula is C21H20N4O4S. The number of rotatable bonds is 6. The van der Waals surface area contributed by atoms with Crippen molar-refractivity contribution in [1.82, 2.24) is 10.3 Å². The molecule has 30 heavy (non-hydrogen) atoms. The standard InChI is InChI=1S/C21H20N4O4S/c1-29-15-8-6-14(7-9-15)25-12-13(10-19(25)27)20(28)22-11-18(26)24-21-23-16-4-2-3-5-17(16)30-21/h2-9,13H,10-12H2,1H3,(H,22,28)(H,23,24,26). The van der Waals surface area contributed by atoms with Gasteiger partial charge in [-0.2, -0.15) is 0 Å². The summed E-state index contributed by atoms with van der Waals surface area (Å²) in [6, 6.07) is 14.7. The summed E-state index contributed by atoms with van der Waals surface area (Å²) in [5, 5.41) is 5.80. The third kappa shape index (κ3) is 4.25. The van der Waals surface area contributed by atoms with E-state index in [0.29, 0.717) is 16.6 Å². The first-order valence-corrected chi connectivity index (χ1v) is 10.2. The molecule has 0 radical (unpaired) electrons. The third-order valence-corrected chi connectivity index (χ3v) is 5.80. The van der Waals surface area contributed by atoms with E-state index in [2.05, 4.69) is 15.6 Å². The highest BCUT2D eigenvalue weighted by Gasteiger charge is 2.35. The van der Waals surface area contributed by atoms with Gasteiger partial charge in [0, 0.05) is 18.7 Å². The highest BCUT2D eigenvalue weighted by Crippen LogP contribution is 2.27. The number of nitrogens with one attached hydrogen (secondary N) is 2. The molecule has 154 valence electrons. The first-order chi connectivity index (χ1) is 14.5. The number of para-hydroxylation sites is 1. The first-order valence-electron chi connectivity index (χ1n) is 9.41. The number of anilines is 2. The molecule has 2 N–H and O–H groups in total. The fourth-order valence-electron chi connectivity index (χ4n) is 3.30. The summed E-state index contributed by atoms with van der Waals surface area (Å²) in [6.07, 6.45) is 0.108. The summed E-state index contributed by atoms with van der Waals surface area (Å²) in [5.41, 5.74) is 1.52. The Bertz CT molecular complexity index is 1060. The fraction of sp³-hybridized carbons (Fsp3) is 0.238. The maximum absolute atomic E-state index is 12.5. The minimum Gasteiger partial charge on any atom is -0.497 e. The molecule has 3 amide bonds. The SMILES string of the molecule is COc1ccc(N2CC(C(=O)NCC(=O)Nc3nc4ccccc4s3)CC2=O)cc1. The van der Waals surface area contributed by atoms with E-state index in [0.717, 1.165) is 10.2 Å². The molecule has 1 aliphatic rings. The van der Waals surface area contributed by atoms with Gasteiger partial charge in [0.2, 0.25) is 17.7 Å². The van der Waals surface area contributed by atoms with Crippen LogP contribution in [0.3, 0.4) is 0 Å². The number of hydrogen-bond acceptors (Lipinski definition) is 6. The van der Waals surface area contributed by atoms with Crippen molar-refractivity contribution in [3.05, 3.63) is 48.5 Å². The van der Waals surface area contributed by atoms with E-state index in [4.69, 9.17) is 4.74 Å². The Morgan fingerprint density at radius 1 is 1.20 bits per heavy atom. The zero-order valence-corrected chi connectivity index (χ0v) is 17.1. The minimum absolute atomic E-state index is 0.108. The second-order valence-corrected chi connectivity index (χ2v) is 7.89. The lowest BCUT2D eigenvalue weighted by atomic mass is 10.1. The minimum atomic E-state index is -0.505. The smallest absolute Gasteiger partial charge is 0.245 e. The van der Waals surface area contributed by atoms with Gasteiger partial charge in [0.25, 0.3) is 0 Å². The molecule has 1 saturated heterocycles. The van der Waals surface area contributed by atoms with E-state index in [9.17, 15) is 14.4 Å². The zero-order chi connectivity index (χ0) is 21.1. The van der Waals surface area contributed by atoms with Gasteiger partial charge in [-0.25, -0.2) is 4.98 Å². The predicted molar refractivity (Wildman–Crippen MR) is 115 cm³/mol. The van der Waals surface area contributed by atoms with Crippen molar-refractivity contribution in [3.63, 3.8) is 0 Å². The molecule has 9 heteroatoms. The van der Waals surface area contributed by atoms with Crippen molar-refractivity contribution in [2.24, 2.45) is 5.92 Å². The van der Waals surface area contributed by atoms with Gasteiger partial charge in [0.15, 0.2) is 5.13 Å². The van der Waals surface area contributed by atoms with E-state index in [1.54, 1.807) is 36.3 Å². The molecule has 2 aromatic carbocycles. The molecule has 0 bridgehead atoms. The van der Waals surface area contributed by atoms with Crippen molar-refractivity contribution in [2.75, 3.05) is 30.4 Å². The molecule has 3 aromatic rings. The molecule has 1 fully saturated rings. The van der Waals surface area contributed by atoms with Crippen molar-refractivity contribution in [1.29, 1.82) is 0 Å². The van der Waals surface area contributed by atoms with Crippen LogP contribution in [0.2, 0.25) is 0 Å². The monoisotopic (exact) mass is 424 g/mol. The number of amides is 3. The van der Waals surface area contributed by atoms with Gasteiger partial charge in [0.05, 0.1) is 29.8 Å². The highest BCUT2D eigenvalue weighted by atomic mass is 32.1. The van der Waals surface area contributed by atoms with Crippen LogP contribution in [-0.2, 0) is 14.4 Å². The lowest BCUT2D eigenvalue weighted by Gasteiger charge is -2.17. The van der Waals surface area contributed by atoms with Crippen LogP contribution in [0.1, 0.15) is 6.42 Å².